The highest BCUT2D eigenvalue weighted by Gasteiger charge is 2.64. The van der Waals surface area contributed by atoms with Gasteiger partial charge in [0.25, 0.3) is 0 Å². The summed E-state index contributed by atoms with van der Waals surface area (Å²) in [5, 5.41) is 0. The van der Waals surface area contributed by atoms with E-state index >= 15 is 0 Å². The third-order valence-electron chi connectivity index (χ3n) is 4.53. The van der Waals surface area contributed by atoms with Gasteiger partial charge in [-0.1, -0.05) is 0 Å². The van der Waals surface area contributed by atoms with Crippen molar-refractivity contribution in [2.45, 2.75) is 62.6 Å². The molecule has 4 rings (SSSR count). The first kappa shape index (κ1) is 7.28. The first-order chi connectivity index (χ1) is 6.33. The van der Waals surface area contributed by atoms with Crippen LogP contribution < -0.4 is 0 Å². The van der Waals surface area contributed by atoms with Crippen molar-refractivity contribution in [2.75, 3.05) is 0 Å². The van der Waals surface area contributed by atoms with Crippen LogP contribution in [-0.4, -0.2) is 11.2 Å². The molecule has 0 bridgehead atoms. The Morgan fingerprint density at radius 1 is 0.692 bits per heavy atom. The van der Waals surface area contributed by atoms with Gasteiger partial charge < -0.3 is 4.74 Å². The van der Waals surface area contributed by atoms with E-state index in [2.05, 4.69) is 0 Å². The van der Waals surface area contributed by atoms with Crippen LogP contribution in [0.15, 0.2) is 0 Å². The van der Waals surface area contributed by atoms with E-state index in [1.54, 1.807) is 0 Å². The van der Waals surface area contributed by atoms with Gasteiger partial charge in [-0.25, -0.2) is 0 Å². The Morgan fingerprint density at radius 3 is 1.31 bits per heavy atom. The monoisotopic (exact) mass is 178 g/mol. The molecular formula is C12H18O. The van der Waals surface area contributed by atoms with E-state index < -0.39 is 0 Å². The van der Waals surface area contributed by atoms with Crippen molar-refractivity contribution >= 4 is 0 Å². The SMILES string of the molecule is C1CC1C1(OC2(C3CC3)CC2)CC1. The predicted molar refractivity (Wildman–Crippen MR) is 50.5 cm³/mol. The van der Waals surface area contributed by atoms with Crippen LogP contribution in [0.1, 0.15) is 51.4 Å². The van der Waals surface area contributed by atoms with E-state index in [4.69, 9.17) is 4.74 Å². The summed E-state index contributed by atoms with van der Waals surface area (Å²) < 4.78 is 6.50. The van der Waals surface area contributed by atoms with Gasteiger partial charge in [0.05, 0.1) is 11.2 Å². The Morgan fingerprint density at radius 2 is 1.08 bits per heavy atom. The molecule has 0 atom stereocenters. The van der Waals surface area contributed by atoms with Crippen molar-refractivity contribution in [3.8, 4) is 0 Å². The van der Waals surface area contributed by atoms with E-state index in [0.29, 0.717) is 11.2 Å². The van der Waals surface area contributed by atoms with Gasteiger partial charge in [-0.3, -0.25) is 0 Å². The quantitative estimate of drug-likeness (QED) is 0.643. The smallest absolute Gasteiger partial charge is 0.0720 e. The topological polar surface area (TPSA) is 9.23 Å². The van der Waals surface area contributed by atoms with Crippen LogP contribution in [0.4, 0.5) is 0 Å². The van der Waals surface area contributed by atoms with Crippen LogP contribution in [0.5, 0.6) is 0 Å². The number of rotatable bonds is 4. The van der Waals surface area contributed by atoms with Gasteiger partial charge in [-0.05, 0) is 63.2 Å². The fourth-order valence-corrected chi connectivity index (χ4v) is 3.06. The zero-order valence-electron chi connectivity index (χ0n) is 8.22. The second-order valence-electron chi connectivity index (χ2n) is 5.78. The molecule has 72 valence electrons. The van der Waals surface area contributed by atoms with Gasteiger partial charge in [0, 0.05) is 0 Å². The van der Waals surface area contributed by atoms with Crippen molar-refractivity contribution in [3.05, 3.63) is 0 Å². The summed E-state index contributed by atoms with van der Waals surface area (Å²) in [6.07, 6.45) is 11.4. The van der Waals surface area contributed by atoms with Crippen LogP contribution in [0, 0.1) is 11.8 Å². The maximum Gasteiger partial charge on any atom is 0.0720 e. The minimum atomic E-state index is 0.430. The maximum absolute atomic E-state index is 6.50. The fourth-order valence-electron chi connectivity index (χ4n) is 3.06. The molecule has 0 aliphatic heterocycles. The largest absolute Gasteiger partial charge is 0.368 e. The molecule has 4 aliphatic carbocycles. The van der Waals surface area contributed by atoms with E-state index in [1.807, 2.05) is 0 Å². The van der Waals surface area contributed by atoms with Crippen molar-refractivity contribution in [1.82, 2.24) is 0 Å². The Hall–Kier alpha value is -0.0400. The Bertz CT molecular complexity index is 216. The minimum absolute atomic E-state index is 0.430. The lowest BCUT2D eigenvalue weighted by molar-refractivity contribution is -0.0705. The molecule has 4 saturated carbocycles. The molecule has 1 nitrogen and oxygen atoms in total. The number of hydrogen-bond acceptors (Lipinski definition) is 1. The minimum Gasteiger partial charge on any atom is -0.368 e. The van der Waals surface area contributed by atoms with Gasteiger partial charge in [-0.2, -0.15) is 0 Å². The normalized spacial score (nSPS) is 38.8. The number of hydrogen-bond donors (Lipinski definition) is 0. The Kier molecular flexibility index (Phi) is 1.11. The molecule has 0 spiro atoms. The summed E-state index contributed by atoms with van der Waals surface area (Å²) >= 11 is 0. The zero-order chi connectivity index (χ0) is 8.52. The Labute approximate surface area is 79.8 Å². The van der Waals surface area contributed by atoms with E-state index in [1.165, 1.54) is 51.4 Å². The van der Waals surface area contributed by atoms with Gasteiger partial charge in [0.2, 0.25) is 0 Å². The van der Waals surface area contributed by atoms with Crippen LogP contribution >= 0.6 is 0 Å². The number of ether oxygens (including phenoxy) is 1. The maximum atomic E-state index is 6.50. The summed E-state index contributed by atoms with van der Waals surface area (Å²) in [6, 6.07) is 0. The summed E-state index contributed by atoms with van der Waals surface area (Å²) in [4.78, 5) is 0. The molecule has 0 aromatic heterocycles. The van der Waals surface area contributed by atoms with E-state index in [9.17, 15) is 0 Å². The molecule has 0 N–H and O–H groups in total. The highest BCUT2D eigenvalue weighted by molar-refractivity contribution is 5.14. The lowest BCUT2D eigenvalue weighted by Crippen LogP contribution is -2.28. The predicted octanol–water partition coefficient (Wildman–Crippen LogP) is 2.89. The third-order valence-corrected chi connectivity index (χ3v) is 4.53. The average Bonchev–Trinajstić information content (AvgIpc) is 2.92. The Balaban J connectivity index is 1.51. The molecule has 4 fully saturated rings. The molecule has 4 aliphatic rings. The molecule has 0 amide bonds. The third kappa shape index (κ3) is 1.03. The van der Waals surface area contributed by atoms with E-state index in [0.717, 1.165) is 11.8 Å². The first-order valence-corrected chi connectivity index (χ1v) is 6.03. The summed E-state index contributed by atoms with van der Waals surface area (Å²) in [7, 11) is 0. The molecule has 0 unspecified atom stereocenters. The molecule has 0 radical (unpaired) electrons. The van der Waals surface area contributed by atoms with Gasteiger partial charge in [0.1, 0.15) is 0 Å². The van der Waals surface area contributed by atoms with Gasteiger partial charge in [-0.15, -0.1) is 0 Å². The summed E-state index contributed by atoms with van der Waals surface area (Å²) in [6.45, 7) is 0. The van der Waals surface area contributed by atoms with Crippen molar-refractivity contribution in [1.29, 1.82) is 0 Å². The van der Waals surface area contributed by atoms with Crippen molar-refractivity contribution < 1.29 is 4.74 Å². The van der Waals surface area contributed by atoms with E-state index in [-0.39, 0.29) is 0 Å². The van der Waals surface area contributed by atoms with Crippen LogP contribution in [0.25, 0.3) is 0 Å². The van der Waals surface area contributed by atoms with Crippen molar-refractivity contribution in [3.63, 3.8) is 0 Å². The highest BCUT2D eigenvalue weighted by atomic mass is 16.5. The van der Waals surface area contributed by atoms with Gasteiger partial charge >= 0.3 is 0 Å². The van der Waals surface area contributed by atoms with Crippen LogP contribution in [-0.2, 0) is 4.74 Å². The zero-order valence-corrected chi connectivity index (χ0v) is 8.22. The molecule has 0 heterocycles. The van der Waals surface area contributed by atoms with Crippen molar-refractivity contribution in [2.24, 2.45) is 11.8 Å². The lowest BCUT2D eigenvalue weighted by atomic mass is 10.1. The lowest BCUT2D eigenvalue weighted by Gasteiger charge is -2.24. The van der Waals surface area contributed by atoms with Crippen LogP contribution in [0.2, 0.25) is 0 Å². The molecule has 0 saturated heterocycles. The second-order valence-corrected chi connectivity index (χ2v) is 5.78. The summed E-state index contributed by atoms with van der Waals surface area (Å²) in [5.74, 6) is 1.95. The molecular weight excluding hydrogens is 160 g/mol. The fraction of sp³-hybridized carbons (Fsp3) is 1.00. The van der Waals surface area contributed by atoms with Gasteiger partial charge in [0.15, 0.2) is 0 Å². The first-order valence-electron chi connectivity index (χ1n) is 6.03. The molecule has 0 aromatic rings. The second kappa shape index (κ2) is 1.98. The molecule has 1 heteroatoms. The standard InChI is InChI=1S/C12H18O/c1-2-9(1)11(5-6-11)13-12(7-8-12)10-3-4-10/h9-10H,1-8H2. The highest BCUT2D eigenvalue weighted by Crippen LogP contribution is 2.65. The molecule has 13 heavy (non-hydrogen) atoms. The summed E-state index contributed by atoms with van der Waals surface area (Å²) in [5.41, 5.74) is 0.859. The van der Waals surface area contributed by atoms with Crippen LogP contribution in [0.3, 0.4) is 0 Å². The molecule has 0 aromatic carbocycles. The average molecular weight is 178 g/mol.